The van der Waals surface area contributed by atoms with Crippen molar-refractivity contribution < 1.29 is 9.18 Å². The van der Waals surface area contributed by atoms with Crippen molar-refractivity contribution in [3.63, 3.8) is 0 Å². The van der Waals surface area contributed by atoms with E-state index in [4.69, 9.17) is 11.6 Å². The topological polar surface area (TPSA) is 64.7 Å². The highest BCUT2D eigenvalue weighted by Crippen LogP contribution is 2.21. The van der Waals surface area contributed by atoms with Crippen LogP contribution >= 0.6 is 11.6 Å². The molecule has 0 saturated carbocycles. The standard InChI is InChI=1S/C21H17ClFN5O/c22-19-14-28(12-15-5-7-18(23)8-6-15)26-20(19)25-21(29)17-4-1-3-16(11-17)13-27-10-2-9-24-27/h1-11,14H,12-13H2,(H,25,26,29). The summed E-state index contributed by atoms with van der Waals surface area (Å²) in [4.78, 5) is 12.6. The Morgan fingerprint density at radius 3 is 2.59 bits per heavy atom. The SMILES string of the molecule is O=C(Nc1nn(Cc2ccc(F)cc2)cc1Cl)c1cccc(Cn2cccn2)c1. The fourth-order valence-corrected chi connectivity index (χ4v) is 3.11. The molecule has 2 aromatic heterocycles. The Morgan fingerprint density at radius 2 is 1.83 bits per heavy atom. The van der Waals surface area contributed by atoms with Crippen molar-refractivity contribution in [3.05, 3.63) is 101 Å². The molecule has 0 unspecified atom stereocenters. The molecule has 2 heterocycles. The monoisotopic (exact) mass is 409 g/mol. The van der Waals surface area contributed by atoms with Gasteiger partial charge in [-0.15, -0.1) is 0 Å². The van der Waals surface area contributed by atoms with Crippen molar-refractivity contribution in [2.75, 3.05) is 5.32 Å². The van der Waals surface area contributed by atoms with E-state index in [1.807, 2.05) is 24.4 Å². The maximum absolute atomic E-state index is 13.0. The van der Waals surface area contributed by atoms with Crippen LogP contribution in [0.25, 0.3) is 0 Å². The second-order valence-electron chi connectivity index (χ2n) is 6.51. The fraction of sp³-hybridized carbons (Fsp3) is 0.0952. The smallest absolute Gasteiger partial charge is 0.256 e. The van der Waals surface area contributed by atoms with E-state index >= 15 is 0 Å². The number of hydrogen-bond donors (Lipinski definition) is 1. The van der Waals surface area contributed by atoms with Crippen LogP contribution < -0.4 is 5.32 Å². The molecule has 8 heteroatoms. The molecule has 0 fully saturated rings. The van der Waals surface area contributed by atoms with Crippen molar-refractivity contribution in [2.24, 2.45) is 0 Å². The van der Waals surface area contributed by atoms with Gasteiger partial charge in [-0.05, 0) is 41.5 Å². The first-order chi connectivity index (χ1) is 14.1. The van der Waals surface area contributed by atoms with Gasteiger partial charge in [0, 0.05) is 24.2 Å². The second kappa shape index (κ2) is 8.28. The van der Waals surface area contributed by atoms with Crippen LogP contribution in [0.3, 0.4) is 0 Å². The second-order valence-corrected chi connectivity index (χ2v) is 6.92. The predicted octanol–water partition coefficient (Wildman–Crippen LogP) is 4.22. The highest BCUT2D eigenvalue weighted by Gasteiger charge is 2.13. The number of carbonyl (C=O) groups excluding carboxylic acids is 1. The molecular formula is C21H17ClFN5O. The summed E-state index contributed by atoms with van der Waals surface area (Å²) in [5.41, 5.74) is 2.32. The van der Waals surface area contributed by atoms with E-state index < -0.39 is 0 Å². The Kier molecular flexibility index (Phi) is 5.39. The minimum absolute atomic E-state index is 0.274. The number of benzene rings is 2. The molecule has 0 radical (unpaired) electrons. The van der Waals surface area contributed by atoms with Crippen LogP contribution in [-0.4, -0.2) is 25.5 Å². The first-order valence-electron chi connectivity index (χ1n) is 8.92. The highest BCUT2D eigenvalue weighted by molar-refractivity contribution is 6.33. The summed E-state index contributed by atoms with van der Waals surface area (Å²) in [6.45, 7) is 0.983. The number of aromatic nitrogens is 4. The molecule has 0 aliphatic rings. The van der Waals surface area contributed by atoms with Gasteiger partial charge in [-0.2, -0.15) is 10.2 Å². The van der Waals surface area contributed by atoms with E-state index in [9.17, 15) is 9.18 Å². The van der Waals surface area contributed by atoms with Gasteiger partial charge in [-0.25, -0.2) is 4.39 Å². The van der Waals surface area contributed by atoms with Crippen LogP contribution in [0.15, 0.2) is 73.2 Å². The van der Waals surface area contributed by atoms with Gasteiger partial charge in [-0.1, -0.05) is 35.9 Å². The van der Waals surface area contributed by atoms with E-state index in [1.165, 1.54) is 12.1 Å². The van der Waals surface area contributed by atoms with E-state index in [0.29, 0.717) is 23.7 Å². The molecule has 0 bridgehead atoms. The summed E-state index contributed by atoms with van der Waals surface area (Å²) in [6, 6.07) is 15.3. The third-order valence-corrected chi connectivity index (χ3v) is 4.58. The maximum atomic E-state index is 13.0. The zero-order chi connectivity index (χ0) is 20.2. The summed E-state index contributed by atoms with van der Waals surface area (Å²) in [5.74, 6) is -0.326. The lowest BCUT2D eigenvalue weighted by molar-refractivity contribution is 0.102. The third-order valence-electron chi connectivity index (χ3n) is 4.30. The summed E-state index contributed by atoms with van der Waals surface area (Å²) in [6.07, 6.45) is 5.19. The van der Waals surface area contributed by atoms with Gasteiger partial charge in [0.2, 0.25) is 0 Å². The van der Waals surface area contributed by atoms with E-state index in [1.54, 1.807) is 46.0 Å². The van der Waals surface area contributed by atoms with Gasteiger partial charge >= 0.3 is 0 Å². The van der Waals surface area contributed by atoms with Gasteiger partial charge in [0.05, 0.1) is 13.1 Å². The van der Waals surface area contributed by atoms with E-state index in [0.717, 1.165) is 11.1 Å². The average Bonchev–Trinajstić information content (AvgIpc) is 3.34. The summed E-state index contributed by atoms with van der Waals surface area (Å²) in [7, 11) is 0. The number of anilines is 1. The van der Waals surface area contributed by atoms with Crippen molar-refractivity contribution in [1.82, 2.24) is 19.6 Å². The average molecular weight is 410 g/mol. The number of halogens is 2. The summed E-state index contributed by atoms with van der Waals surface area (Å²) < 4.78 is 16.4. The quantitative estimate of drug-likeness (QED) is 0.518. The molecule has 0 aliphatic carbocycles. The van der Waals surface area contributed by atoms with Gasteiger partial charge in [0.25, 0.3) is 5.91 Å². The Hall–Kier alpha value is -3.45. The van der Waals surface area contributed by atoms with Gasteiger partial charge in [0.1, 0.15) is 10.8 Å². The number of amides is 1. The van der Waals surface area contributed by atoms with Crippen LogP contribution in [0.1, 0.15) is 21.5 Å². The largest absolute Gasteiger partial charge is 0.304 e. The first kappa shape index (κ1) is 18.9. The summed E-state index contributed by atoms with van der Waals surface area (Å²) >= 11 is 6.22. The lowest BCUT2D eigenvalue weighted by Crippen LogP contribution is -2.14. The Bertz CT molecular complexity index is 1120. The lowest BCUT2D eigenvalue weighted by atomic mass is 10.1. The first-order valence-corrected chi connectivity index (χ1v) is 9.30. The molecule has 2 aromatic carbocycles. The minimum Gasteiger partial charge on any atom is -0.304 e. The minimum atomic E-state index is -0.304. The van der Waals surface area contributed by atoms with Crippen LogP contribution in [0.2, 0.25) is 5.02 Å². The van der Waals surface area contributed by atoms with Crippen molar-refractivity contribution >= 4 is 23.3 Å². The molecule has 1 N–H and O–H groups in total. The number of rotatable bonds is 6. The van der Waals surface area contributed by atoms with Crippen LogP contribution in [-0.2, 0) is 13.1 Å². The Morgan fingerprint density at radius 1 is 1.03 bits per heavy atom. The molecule has 4 rings (SSSR count). The van der Waals surface area contributed by atoms with E-state index in [-0.39, 0.29) is 17.5 Å². The number of hydrogen-bond acceptors (Lipinski definition) is 3. The van der Waals surface area contributed by atoms with Gasteiger partial charge in [-0.3, -0.25) is 14.2 Å². The van der Waals surface area contributed by atoms with Crippen molar-refractivity contribution in [2.45, 2.75) is 13.1 Å². The van der Waals surface area contributed by atoms with Gasteiger partial charge in [0.15, 0.2) is 5.82 Å². The fourth-order valence-electron chi connectivity index (χ4n) is 2.91. The molecule has 0 spiro atoms. The van der Waals surface area contributed by atoms with Crippen LogP contribution in [0.4, 0.5) is 10.2 Å². The molecule has 146 valence electrons. The number of nitrogens with one attached hydrogen (secondary N) is 1. The molecule has 4 aromatic rings. The zero-order valence-corrected chi connectivity index (χ0v) is 16.1. The highest BCUT2D eigenvalue weighted by atomic mass is 35.5. The summed E-state index contributed by atoms with van der Waals surface area (Å²) in [5, 5.41) is 11.6. The Labute approximate surface area is 171 Å². The van der Waals surface area contributed by atoms with Crippen LogP contribution in [0.5, 0.6) is 0 Å². The van der Waals surface area contributed by atoms with E-state index in [2.05, 4.69) is 15.5 Å². The van der Waals surface area contributed by atoms with Crippen molar-refractivity contribution in [1.29, 1.82) is 0 Å². The molecule has 0 aliphatic heterocycles. The Balaban J connectivity index is 1.45. The number of carbonyl (C=O) groups is 1. The molecule has 0 saturated heterocycles. The number of nitrogens with zero attached hydrogens (tertiary/aromatic N) is 4. The van der Waals surface area contributed by atoms with Gasteiger partial charge < -0.3 is 5.32 Å². The normalized spacial score (nSPS) is 10.8. The zero-order valence-electron chi connectivity index (χ0n) is 15.3. The lowest BCUT2D eigenvalue weighted by Gasteiger charge is -2.06. The molecule has 1 amide bonds. The molecule has 0 atom stereocenters. The third kappa shape index (κ3) is 4.70. The molecule has 29 heavy (non-hydrogen) atoms. The molecular weight excluding hydrogens is 393 g/mol. The predicted molar refractivity (Wildman–Crippen MR) is 108 cm³/mol. The van der Waals surface area contributed by atoms with Crippen LogP contribution in [0, 0.1) is 5.82 Å². The molecule has 6 nitrogen and oxygen atoms in total. The maximum Gasteiger partial charge on any atom is 0.256 e. The van der Waals surface area contributed by atoms with Crippen molar-refractivity contribution in [3.8, 4) is 0 Å².